The summed E-state index contributed by atoms with van der Waals surface area (Å²) in [6, 6.07) is 0. The summed E-state index contributed by atoms with van der Waals surface area (Å²) >= 11 is 0. The van der Waals surface area contributed by atoms with E-state index in [1.165, 1.54) is 0 Å². The van der Waals surface area contributed by atoms with Crippen LogP contribution in [0.2, 0.25) is 0 Å². The minimum atomic E-state index is -0.819. The fraction of sp³-hybridized carbons (Fsp3) is 0.562. The van der Waals surface area contributed by atoms with Crippen molar-refractivity contribution in [3.05, 3.63) is 22.3 Å². The number of hydrogen-bond acceptors (Lipinski definition) is 3. The van der Waals surface area contributed by atoms with E-state index in [4.69, 9.17) is 9.47 Å². The van der Waals surface area contributed by atoms with Crippen LogP contribution in [0.25, 0.3) is 0 Å². The van der Waals surface area contributed by atoms with E-state index in [-0.39, 0.29) is 12.2 Å². The predicted octanol–water partition coefficient (Wildman–Crippen LogP) is 2.83. The average molecular weight is 276 g/mol. The molecule has 108 valence electrons. The molecule has 2 heterocycles. The minimum Gasteiger partial charge on any atom is -0.490 e. The van der Waals surface area contributed by atoms with Crippen LogP contribution in [0.1, 0.15) is 48.9 Å². The summed E-state index contributed by atoms with van der Waals surface area (Å²) in [5.41, 5.74) is 4.08. The van der Waals surface area contributed by atoms with Crippen molar-refractivity contribution in [3.63, 3.8) is 0 Å². The fourth-order valence-electron chi connectivity index (χ4n) is 3.34. The summed E-state index contributed by atoms with van der Waals surface area (Å²) in [5, 5.41) is 9.40. The van der Waals surface area contributed by atoms with Gasteiger partial charge in [0.15, 0.2) is 0 Å². The summed E-state index contributed by atoms with van der Waals surface area (Å²) in [5.74, 6) is 0.289. The number of hydrogen-bond donors (Lipinski definition) is 1. The van der Waals surface area contributed by atoms with Crippen LogP contribution in [-0.2, 0) is 17.6 Å². The number of fused-ring (bicyclic) bond motifs is 2. The molecule has 0 saturated heterocycles. The molecule has 0 saturated carbocycles. The normalized spacial score (nSPS) is 24.6. The molecule has 0 amide bonds. The van der Waals surface area contributed by atoms with Crippen LogP contribution in [0.5, 0.6) is 11.5 Å². The summed E-state index contributed by atoms with van der Waals surface area (Å²) < 4.78 is 11.9. The van der Waals surface area contributed by atoms with E-state index < -0.39 is 11.9 Å². The molecule has 0 bridgehead atoms. The lowest BCUT2D eigenvalue weighted by molar-refractivity contribution is -0.138. The predicted molar refractivity (Wildman–Crippen MR) is 74.8 cm³/mol. The van der Waals surface area contributed by atoms with E-state index in [0.29, 0.717) is 0 Å². The van der Waals surface area contributed by atoms with Gasteiger partial charge in [-0.25, -0.2) is 0 Å². The van der Waals surface area contributed by atoms with E-state index >= 15 is 0 Å². The Bertz CT molecular complexity index is 552. The molecule has 1 aromatic carbocycles. The van der Waals surface area contributed by atoms with E-state index in [1.54, 1.807) is 6.92 Å². The molecule has 2 aliphatic rings. The molecule has 1 N–H and O–H groups in total. The zero-order valence-corrected chi connectivity index (χ0v) is 12.3. The molecule has 0 spiro atoms. The lowest BCUT2D eigenvalue weighted by Gasteiger charge is -2.18. The molecule has 4 nitrogen and oxygen atoms in total. The van der Waals surface area contributed by atoms with Crippen molar-refractivity contribution in [1.82, 2.24) is 0 Å². The highest BCUT2D eigenvalue weighted by molar-refractivity contribution is 5.79. The molecule has 1 aromatic rings. The summed E-state index contributed by atoms with van der Waals surface area (Å²) in [4.78, 5) is 11.5. The number of aliphatic carboxylic acids is 1. The summed E-state index contributed by atoms with van der Waals surface area (Å²) in [6.07, 6.45) is 1.78. The van der Waals surface area contributed by atoms with Crippen LogP contribution >= 0.6 is 0 Å². The Morgan fingerprint density at radius 1 is 1.15 bits per heavy atom. The Labute approximate surface area is 118 Å². The number of carbonyl (C=O) groups is 1. The lowest BCUT2D eigenvalue weighted by atomic mass is 9.87. The maximum Gasteiger partial charge on any atom is 0.310 e. The van der Waals surface area contributed by atoms with Crippen LogP contribution in [-0.4, -0.2) is 23.3 Å². The van der Waals surface area contributed by atoms with E-state index in [9.17, 15) is 9.90 Å². The topological polar surface area (TPSA) is 55.8 Å². The number of benzene rings is 1. The highest BCUT2D eigenvalue weighted by atomic mass is 16.5. The Morgan fingerprint density at radius 3 is 2.30 bits per heavy atom. The SMILES string of the molecule is Cc1c2c(c(C(C)C(=O)O)c3c1OC(C)C3)OC(C)C2. The second-order valence-corrected chi connectivity index (χ2v) is 5.98. The van der Waals surface area contributed by atoms with Gasteiger partial charge < -0.3 is 14.6 Å². The van der Waals surface area contributed by atoms with Gasteiger partial charge in [-0.2, -0.15) is 0 Å². The van der Waals surface area contributed by atoms with Gasteiger partial charge in [-0.1, -0.05) is 0 Å². The Hall–Kier alpha value is -1.71. The van der Waals surface area contributed by atoms with E-state index in [2.05, 4.69) is 0 Å². The summed E-state index contributed by atoms with van der Waals surface area (Å²) in [6.45, 7) is 7.81. The molecule has 3 unspecified atom stereocenters. The number of rotatable bonds is 2. The number of ether oxygens (including phenoxy) is 2. The highest BCUT2D eigenvalue weighted by Gasteiger charge is 2.37. The first-order chi connectivity index (χ1) is 9.40. The van der Waals surface area contributed by atoms with Crippen LogP contribution in [0, 0.1) is 6.92 Å². The Balaban J connectivity index is 2.25. The van der Waals surface area contributed by atoms with Crippen LogP contribution in [0.15, 0.2) is 0 Å². The van der Waals surface area contributed by atoms with Crippen LogP contribution in [0.3, 0.4) is 0 Å². The Morgan fingerprint density at radius 2 is 1.70 bits per heavy atom. The van der Waals surface area contributed by atoms with Crippen molar-refractivity contribution in [2.45, 2.75) is 58.7 Å². The van der Waals surface area contributed by atoms with Crippen molar-refractivity contribution in [2.75, 3.05) is 0 Å². The molecule has 0 fully saturated rings. The van der Waals surface area contributed by atoms with Gasteiger partial charge in [0.1, 0.15) is 23.7 Å². The molecule has 3 rings (SSSR count). The Kier molecular flexibility index (Phi) is 2.92. The van der Waals surface area contributed by atoms with Gasteiger partial charge >= 0.3 is 5.97 Å². The first-order valence-electron chi connectivity index (χ1n) is 7.14. The second-order valence-electron chi connectivity index (χ2n) is 5.98. The molecular formula is C16H20O4. The van der Waals surface area contributed by atoms with Crippen molar-refractivity contribution in [1.29, 1.82) is 0 Å². The highest BCUT2D eigenvalue weighted by Crippen LogP contribution is 2.48. The standard InChI is InChI=1S/C16H20O4/c1-7-5-11-9(3)14-12(6-8(2)19-14)13(15(11)20-7)10(4)16(17)18/h7-8,10H,5-6H2,1-4H3,(H,17,18). The molecule has 0 aromatic heterocycles. The van der Waals surface area contributed by atoms with Gasteiger partial charge in [0.05, 0.1) is 5.92 Å². The molecule has 0 radical (unpaired) electrons. The van der Waals surface area contributed by atoms with Crippen molar-refractivity contribution < 1.29 is 19.4 Å². The fourth-order valence-corrected chi connectivity index (χ4v) is 3.34. The molecule has 4 heteroatoms. The van der Waals surface area contributed by atoms with Gasteiger partial charge in [-0.3, -0.25) is 4.79 Å². The van der Waals surface area contributed by atoms with Crippen molar-refractivity contribution in [2.24, 2.45) is 0 Å². The molecular weight excluding hydrogens is 256 g/mol. The van der Waals surface area contributed by atoms with E-state index in [1.807, 2.05) is 20.8 Å². The maximum atomic E-state index is 11.5. The van der Waals surface area contributed by atoms with Crippen LogP contribution in [0.4, 0.5) is 0 Å². The van der Waals surface area contributed by atoms with Crippen molar-refractivity contribution >= 4 is 5.97 Å². The van der Waals surface area contributed by atoms with Crippen molar-refractivity contribution in [3.8, 4) is 11.5 Å². The van der Waals surface area contributed by atoms with Gasteiger partial charge in [0, 0.05) is 29.5 Å². The smallest absolute Gasteiger partial charge is 0.310 e. The third-order valence-corrected chi connectivity index (χ3v) is 4.34. The van der Waals surface area contributed by atoms with Gasteiger partial charge in [0.2, 0.25) is 0 Å². The van der Waals surface area contributed by atoms with Gasteiger partial charge in [-0.15, -0.1) is 0 Å². The molecule has 2 aliphatic heterocycles. The minimum absolute atomic E-state index is 0.100. The first-order valence-corrected chi connectivity index (χ1v) is 7.14. The molecule has 0 aliphatic carbocycles. The van der Waals surface area contributed by atoms with Gasteiger partial charge in [0.25, 0.3) is 0 Å². The van der Waals surface area contributed by atoms with Crippen LogP contribution < -0.4 is 9.47 Å². The zero-order chi connectivity index (χ0) is 14.6. The third-order valence-electron chi connectivity index (χ3n) is 4.34. The number of carboxylic acids is 1. The average Bonchev–Trinajstić information content (AvgIpc) is 2.92. The number of carboxylic acid groups (broad SMARTS) is 1. The first kappa shape index (κ1) is 13.3. The molecule has 3 atom stereocenters. The summed E-state index contributed by atoms with van der Waals surface area (Å²) in [7, 11) is 0. The maximum absolute atomic E-state index is 11.5. The quantitative estimate of drug-likeness (QED) is 0.902. The third kappa shape index (κ3) is 1.78. The molecule has 20 heavy (non-hydrogen) atoms. The zero-order valence-electron chi connectivity index (χ0n) is 12.3. The monoisotopic (exact) mass is 276 g/mol. The van der Waals surface area contributed by atoms with Gasteiger partial charge in [-0.05, 0) is 33.3 Å². The van der Waals surface area contributed by atoms with E-state index in [0.717, 1.165) is 46.6 Å². The largest absolute Gasteiger partial charge is 0.490 e. The second kappa shape index (κ2) is 4.40. The lowest BCUT2D eigenvalue weighted by Crippen LogP contribution is -2.13.